The van der Waals surface area contributed by atoms with Gasteiger partial charge >= 0.3 is 6.03 Å². The third-order valence-electron chi connectivity index (χ3n) is 4.08. The summed E-state index contributed by atoms with van der Waals surface area (Å²) >= 11 is 0. The molecule has 1 aromatic rings. The largest absolute Gasteiger partial charge is 0.356 e. The molecule has 22 heavy (non-hydrogen) atoms. The highest BCUT2D eigenvalue weighted by Crippen LogP contribution is 2.19. The summed E-state index contributed by atoms with van der Waals surface area (Å²) in [5, 5.41) is 4.49. The van der Waals surface area contributed by atoms with Crippen molar-refractivity contribution in [3.05, 3.63) is 17.6 Å². The minimum atomic E-state index is -0.107. The number of nitrogens with zero attached hydrogens (tertiary/aromatic N) is 4. The molecule has 2 aliphatic rings. The lowest BCUT2D eigenvalue weighted by atomic mass is 10.1. The molecule has 3 rings (SSSR count). The number of amides is 2. The number of aromatic nitrogens is 2. The van der Waals surface area contributed by atoms with E-state index in [9.17, 15) is 4.79 Å². The molecule has 2 fully saturated rings. The standard InChI is InChI=1S/C15H23N5O2/c1-11-10-14(17-12(2)16-11)19-7-4-13(5-8-19)18-15(21)20-6-3-9-22-20/h10,13H,3-9H2,1-2H3,(H,18,21). The minimum absolute atomic E-state index is 0.107. The number of hydroxylamine groups is 2. The lowest BCUT2D eigenvalue weighted by Gasteiger charge is -2.33. The zero-order valence-electron chi connectivity index (χ0n) is 13.2. The third-order valence-corrected chi connectivity index (χ3v) is 4.08. The molecular weight excluding hydrogens is 282 g/mol. The van der Waals surface area contributed by atoms with E-state index in [-0.39, 0.29) is 12.1 Å². The predicted octanol–water partition coefficient (Wildman–Crippen LogP) is 1.41. The van der Waals surface area contributed by atoms with Crippen molar-refractivity contribution in [3.8, 4) is 0 Å². The Morgan fingerprint density at radius 1 is 1.27 bits per heavy atom. The van der Waals surface area contributed by atoms with Crippen LogP contribution in [-0.4, -0.2) is 53.3 Å². The molecule has 1 N–H and O–H groups in total. The number of urea groups is 1. The molecule has 7 nitrogen and oxygen atoms in total. The summed E-state index contributed by atoms with van der Waals surface area (Å²) in [5.41, 5.74) is 0.990. The summed E-state index contributed by atoms with van der Waals surface area (Å²) in [4.78, 5) is 28.4. The first kappa shape index (κ1) is 15.0. The first-order valence-corrected chi connectivity index (χ1v) is 7.90. The average molecular weight is 305 g/mol. The zero-order valence-corrected chi connectivity index (χ0v) is 13.2. The summed E-state index contributed by atoms with van der Waals surface area (Å²) in [6.45, 7) is 7.01. The Balaban J connectivity index is 1.52. The maximum absolute atomic E-state index is 12.0. The Kier molecular flexibility index (Phi) is 4.42. The van der Waals surface area contributed by atoms with Crippen molar-refractivity contribution < 1.29 is 9.63 Å². The fourth-order valence-corrected chi connectivity index (χ4v) is 2.97. The first-order valence-electron chi connectivity index (χ1n) is 7.90. The van der Waals surface area contributed by atoms with Gasteiger partial charge in [0, 0.05) is 30.9 Å². The topological polar surface area (TPSA) is 70.6 Å². The highest BCUT2D eigenvalue weighted by atomic mass is 16.7. The van der Waals surface area contributed by atoms with Crippen molar-refractivity contribution in [2.45, 2.75) is 39.2 Å². The van der Waals surface area contributed by atoms with Crippen LogP contribution in [0.2, 0.25) is 0 Å². The molecule has 0 atom stereocenters. The number of carbonyl (C=O) groups is 1. The smallest absolute Gasteiger partial charge is 0.341 e. The summed E-state index contributed by atoms with van der Waals surface area (Å²) in [5.74, 6) is 1.79. The monoisotopic (exact) mass is 305 g/mol. The minimum Gasteiger partial charge on any atom is -0.356 e. The van der Waals surface area contributed by atoms with Gasteiger partial charge in [-0.05, 0) is 33.1 Å². The molecule has 120 valence electrons. The highest BCUT2D eigenvalue weighted by Gasteiger charge is 2.25. The summed E-state index contributed by atoms with van der Waals surface area (Å²) in [6.07, 6.45) is 2.75. The van der Waals surface area contributed by atoms with Crippen LogP contribution in [0.3, 0.4) is 0 Å². The lowest BCUT2D eigenvalue weighted by Crippen LogP contribution is -2.48. The Morgan fingerprint density at radius 3 is 2.68 bits per heavy atom. The van der Waals surface area contributed by atoms with Gasteiger partial charge in [-0.25, -0.2) is 19.8 Å². The van der Waals surface area contributed by atoms with Gasteiger partial charge in [0.15, 0.2) is 0 Å². The van der Waals surface area contributed by atoms with E-state index in [1.54, 1.807) is 0 Å². The maximum atomic E-state index is 12.0. The van der Waals surface area contributed by atoms with E-state index in [2.05, 4.69) is 20.2 Å². The van der Waals surface area contributed by atoms with Crippen LogP contribution < -0.4 is 10.2 Å². The fraction of sp³-hybridized carbons (Fsp3) is 0.667. The van der Waals surface area contributed by atoms with E-state index in [0.29, 0.717) is 13.2 Å². The van der Waals surface area contributed by atoms with Crippen LogP contribution in [0.25, 0.3) is 0 Å². The molecular formula is C15H23N5O2. The molecule has 3 heterocycles. The van der Waals surface area contributed by atoms with Gasteiger partial charge in [0.2, 0.25) is 0 Å². The third kappa shape index (κ3) is 3.47. The Labute approximate surface area is 130 Å². The normalized spacial score (nSPS) is 19.5. The molecule has 0 bridgehead atoms. The van der Waals surface area contributed by atoms with E-state index >= 15 is 0 Å². The second-order valence-corrected chi connectivity index (χ2v) is 5.91. The number of piperidine rings is 1. The van der Waals surface area contributed by atoms with Crippen LogP contribution in [0, 0.1) is 13.8 Å². The van der Waals surface area contributed by atoms with Crippen molar-refractivity contribution >= 4 is 11.8 Å². The highest BCUT2D eigenvalue weighted by molar-refractivity contribution is 5.73. The van der Waals surface area contributed by atoms with Crippen molar-refractivity contribution in [1.82, 2.24) is 20.3 Å². The summed E-state index contributed by atoms with van der Waals surface area (Å²) in [7, 11) is 0. The average Bonchev–Trinajstić information content (AvgIpc) is 3.01. The van der Waals surface area contributed by atoms with Crippen LogP contribution >= 0.6 is 0 Å². The number of aryl methyl sites for hydroxylation is 2. The number of hydrogen-bond acceptors (Lipinski definition) is 5. The molecule has 0 saturated carbocycles. The number of hydrogen-bond donors (Lipinski definition) is 1. The molecule has 2 saturated heterocycles. The van der Waals surface area contributed by atoms with Gasteiger partial charge in [-0.15, -0.1) is 0 Å². The predicted molar refractivity (Wildman–Crippen MR) is 82.5 cm³/mol. The zero-order chi connectivity index (χ0) is 15.5. The number of nitrogens with one attached hydrogen (secondary N) is 1. The van der Waals surface area contributed by atoms with Crippen LogP contribution in [0.1, 0.15) is 30.8 Å². The fourth-order valence-electron chi connectivity index (χ4n) is 2.97. The van der Waals surface area contributed by atoms with Crippen LogP contribution in [0.15, 0.2) is 6.07 Å². The molecule has 0 spiro atoms. The molecule has 0 aromatic carbocycles. The van der Waals surface area contributed by atoms with E-state index < -0.39 is 0 Å². The van der Waals surface area contributed by atoms with Crippen molar-refractivity contribution in [2.24, 2.45) is 0 Å². The van der Waals surface area contributed by atoms with Gasteiger partial charge in [0.05, 0.1) is 13.2 Å². The molecule has 2 aliphatic heterocycles. The van der Waals surface area contributed by atoms with Crippen LogP contribution in [0.4, 0.5) is 10.6 Å². The van der Waals surface area contributed by atoms with Crippen LogP contribution in [-0.2, 0) is 4.84 Å². The molecule has 0 unspecified atom stereocenters. The SMILES string of the molecule is Cc1cc(N2CCC(NC(=O)N3CCCO3)CC2)nc(C)n1. The Bertz CT molecular complexity index is 516. The van der Waals surface area contributed by atoms with Gasteiger partial charge in [-0.3, -0.25) is 4.84 Å². The molecule has 7 heteroatoms. The molecule has 2 amide bonds. The second kappa shape index (κ2) is 6.48. The van der Waals surface area contributed by atoms with Crippen LogP contribution in [0.5, 0.6) is 0 Å². The number of anilines is 1. The van der Waals surface area contributed by atoms with Gasteiger partial charge in [0.25, 0.3) is 0 Å². The van der Waals surface area contributed by atoms with Gasteiger partial charge in [-0.2, -0.15) is 0 Å². The van der Waals surface area contributed by atoms with Gasteiger partial charge in [-0.1, -0.05) is 0 Å². The van der Waals surface area contributed by atoms with E-state index in [1.165, 1.54) is 5.06 Å². The maximum Gasteiger partial charge on any atom is 0.341 e. The molecule has 0 aliphatic carbocycles. The Morgan fingerprint density at radius 2 is 2.05 bits per heavy atom. The number of carbonyl (C=O) groups excluding carboxylic acids is 1. The number of rotatable bonds is 2. The Hall–Kier alpha value is -1.89. The van der Waals surface area contributed by atoms with E-state index in [1.807, 2.05) is 19.9 Å². The summed E-state index contributed by atoms with van der Waals surface area (Å²) < 4.78 is 0. The van der Waals surface area contributed by atoms with Crippen molar-refractivity contribution in [3.63, 3.8) is 0 Å². The summed E-state index contributed by atoms with van der Waals surface area (Å²) in [6, 6.07) is 2.12. The second-order valence-electron chi connectivity index (χ2n) is 5.91. The molecule has 0 radical (unpaired) electrons. The van der Waals surface area contributed by atoms with Gasteiger partial charge < -0.3 is 10.2 Å². The molecule has 1 aromatic heterocycles. The quantitative estimate of drug-likeness (QED) is 0.894. The first-order chi connectivity index (χ1) is 10.6. The van der Waals surface area contributed by atoms with E-state index in [4.69, 9.17) is 4.84 Å². The lowest BCUT2D eigenvalue weighted by molar-refractivity contribution is -0.0671. The van der Waals surface area contributed by atoms with Gasteiger partial charge in [0.1, 0.15) is 11.6 Å². The van der Waals surface area contributed by atoms with E-state index in [0.717, 1.165) is 49.7 Å². The van der Waals surface area contributed by atoms with Crippen molar-refractivity contribution in [1.29, 1.82) is 0 Å². The van der Waals surface area contributed by atoms with Crippen molar-refractivity contribution in [2.75, 3.05) is 31.1 Å².